The molecule has 0 unspecified atom stereocenters. The average Bonchev–Trinajstić information content (AvgIpc) is 2.45. The van der Waals surface area contributed by atoms with Crippen molar-refractivity contribution in [3.63, 3.8) is 0 Å². The minimum atomic E-state index is 0.692. The van der Waals surface area contributed by atoms with E-state index in [0.29, 0.717) is 13.2 Å². The van der Waals surface area contributed by atoms with E-state index in [1.165, 1.54) is 0 Å². The van der Waals surface area contributed by atoms with E-state index >= 15 is 0 Å². The van der Waals surface area contributed by atoms with Crippen molar-refractivity contribution in [1.82, 2.24) is 0 Å². The molecular formula is C14H18N2O2+2. The average molecular weight is 246 g/mol. The summed E-state index contributed by atoms with van der Waals surface area (Å²) in [4.78, 5) is 11.0. The molecule has 2 aromatic heterocycles. The van der Waals surface area contributed by atoms with E-state index in [4.69, 9.17) is 9.68 Å². The van der Waals surface area contributed by atoms with Gasteiger partial charge in [-0.1, -0.05) is 12.1 Å². The Morgan fingerprint density at radius 1 is 0.556 bits per heavy atom. The Kier molecular flexibility index (Phi) is 4.99. The van der Waals surface area contributed by atoms with Gasteiger partial charge in [-0.3, -0.25) is 9.68 Å². The molecule has 2 aromatic rings. The van der Waals surface area contributed by atoms with Gasteiger partial charge in [-0.25, -0.2) is 0 Å². The number of hydrogen-bond donors (Lipinski definition) is 0. The molecule has 0 spiro atoms. The highest BCUT2D eigenvalue weighted by molar-refractivity contribution is 4.83. The van der Waals surface area contributed by atoms with Crippen LogP contribution in [0.5, 0.6) is 0 Å². The SMILES string of the molecule is c1cc[n+](OCCCCO[n+]2ccccc2)cc1. The van der Waals surface area contributed by atoms with Crippen LogP contribution in [0.4, 0.5) is 0 Å². The van der Waals surface area contributed by atoms with Crippen LogP contribution < -0.4 is 19.1 Å². The van der Waals surface area contributed by atoms with E-state index in [9.17, 15) is 0 Å². The molecule has 0 N–H and O–H groups in total. The maximum atomic E-state index is 5.51. The maximum absolute atomic E-state index is 5.51. The molecule has 2 heterocycles. The van der Waals surface area contributed by atoms with Gasteiger partial charge in [0.25, 0.3) is 0 Å². The zero-order valence-electron chi connectivity index (χ0n) is 10.3. The minimum absolute atomic E-state index is 0.692. The van der Waals surface area contributed by atoms with Crippen molar-refractivity contribution in [2.45, 2.75) is 12.8 Å². The Bertz CT molecular complexity index is 391. The van der Waals surface area contributed by atoms with E-state index in [1.54, 1.807) is 9.46 Å². The van der Waals surface area contributed by atoms with Crippen LogP contribution in [0.1, 0.15) is 12.8 Å². The number of nitrogens with zero attached hydrogens (tertiary/aromatic N) is 2. The van der Waals surface area contributed by atoms with E-state index < -0.39 is 0 Å². The second kappa shape index (κ2) is 7.27. The Hall–Kier alpha value is -2.10. The maximum Gasteiger partial charge on any atom is 0.222 e. The fourth-order valence-corrected chi connectivity index (χ4v) is 1.48. The molecule has 0 radical (unpaired) electrons. The van der Waals surface area contributed by atoms with Gasteiger partial charge in [-0.15, -0.1) is 0 Å². The second-order valence-corrected chi connectivity index (χ2v) is 3.84. The monoisotopic (exact) mass is 246 g/mol. The van der Waals surface area contributed by atoms with Crippen LogP contribution in [0.2, 0.25) is 0 Å². The van der Waals surface area contributed by atoms with Gasteiger partial charge in [-0.05, 0) is 12.8 Å². The highest BCUT2D eigenvalue weighted by Crippen LogP contribution is 1.85. The molecule has 0 aromatic carbocycles. The van der Waals surface area contributed by atoms with Crippen molar-refractivity contribution in [3.05, 3.63) is 61.2 Å². The molecule has 0 aliphatic rings. The van der Waals surface area contributed by atoms with Crippen molar-refractivity contribution >= 4 is 0 Å². The standard InChI is InChI=1S/C14H18N2O2/c1-3-9-15(10-4-1)17-13-7-8-14-18-16-11-5-2-6-12-16/h1-6,9-12H,7-8,13-14H2/q+2. The summed E-state index contributed by atoms with van der Waals surface area (Å²) in [5.41, 5.74) is 0. The van der Waals surface area contributed by atoms with Gasteiger partial charge >= 0.3 is 0 Å². The molecule has 18 heavy (non-hydrogen) atoms. The molecule has 4 nitrogen and oxygen atoms in total. The number of aromatic nitrogens is 2. The number of hydrogen-bond acceptors (Lipinski definition) is 2. The number of pyridine rings is 2. The summed E-state index contributed by atoms with van der Waals surface area (Å²) in [5, 5.41) is 0. The van der Waals surface area contributed by atoms with Gasteiger partial charge in [0.1, 0.15) is 0 Å². The Balaban J connectivity index is 1.54. The van der Waals surface area contributed by atoms with Crippen LogP contribution in [0.3, 0.4) is 0 Å². The lowest BCUT2D eigenvalue weighted by molar-refractivity contribution is -0.893. The largest absolute Gasteiger partial charge is 0.271 e. The quantitative estimate of drug-likeness (QED) is 0.528. The molecule has 0 aliphatic heterocycles. The van der Waals surface area contributed by atoms with Gasteiger partial charge in [0.2, 0.25) is 24.8 Å². The normalized spacial score (nSPS) is 10.0. The van der Waals surface area contributed by atoms with Crippen LogP contribution in [0, 0.1) is 0 Å². The van der Waals surface area contributed by atoms with Crippen molar-refractivity contribution in [2.24, 2.45) is 0 Å². The summed E-state index contributed by atoms with van der Waals surface area (Å²) in [5.74, 6) is 0. The Morgan fingerprint density at radius 3 is 1.33 bits per heavy atom. The van der Waals surface area contributed by atoms with Crippen molar-refractivity contribution in [1.29, 1.82) is 0 Å². The highest BCUT2D eigenvalue weighted by Gasteiger charge is 2.01. The molecular weight excluding hydrogens is 228 g/mol. The van der Waals surface area contributed by atoms with Crippen molar-refractivity contribution in [2.75, 3.05) is 13.2 Å². The van der Waals surface area contributed by atoms with E-state index in [1.807, 2.05) is 61.2 Å². The zero-order valence-corrected chi connectivity index (χ0v) is 10.3. The minimum Gasteiger partial charge on any atom is -0.271 e. The fraction of sp³-hybridized carbons (Fsp3) is 0.286. The first-order valence-corrected chi connectivity index (χ1v) is 6.14. The van der Waals surface area contributed by atoms with E-state index in [-0.39, 0.29) is 0 Å². The molecule has 0 saturated heterocycles. The third kappa shape index (κ3) is 4.41. The van der Waals surface area contributed by atoms with Crippen LogP contribution in [0.15, 0.2) is 61.2 Å². The molecule has 0 atom stereocenters. The molecule has 0 amide bonds. The first kappa shape index (κ1) is 12.4. The lowest BCUT2D eigenvalue weighted by Gasteiger charge is -1.99. The Labute approximate surface area is 107 Å². The summed E-state index contributed by atoms with van der Waals surface area (Å²) in [6.07, 6.45) is 9.48. The number of unbranched alkanes of at least 4 members (excludes halogenated alkanes) is 1. The van der Waals surface area contributed by atoms with Gasteiger partial charge in [0.05, 0.1) is 0 Å². The van der Waals surface area contributed by atoms with Gasteiger partial charge in [0, 0.05) is 33.7 Å². The molecule has 0 bridgehead atoms. The molecule has 94 valence electrons. The number of rotatable bonds is 7. The molecule has 0 saturated carbocycles. The summed E-state index contributed by atoms with van der Waals surface area (Å²) in [6, 6.07) is 11.7. The topological polar surface area (TPSA) is 26.2 Å². The van der Waals surface area contributed by atoms with Crippen LogP contribution in [0.25, 0.3) is 0 Å². The van der Waals surface area contributed by atoms with E-state index in [2.05, 4.69) is 0 Å². The van der Waals surface area contributed by atoms with Gasteiger partial charge < -0.3 is 0 Å². The summed E-state index contributed by atoms with van der Waals surface area (Å²) >= 11 is 0. The molecule has 0 aliphatic carbocycles. The summed E-state index contributed by atoms with van der Waals surface area (Å²) in [7, 11) is 0. The predicted octanol–water partition coefficient (Wildman–Crippen LogP) is 0.599. The van der Waals surface area contributed by atoms with Crippen LogP contribution in [-0.2, 0) is 0 Å². The third-order valence-electron chi connectivity index (χ3n) is 2.40. The van der Waals surface area contributed by atoms with Crippen molar-refractivity contribution in [3.8, 4) is 0 Å². The lowest BCUT2D eigenvalue weighted by Crippen LogP contribution is -2.43. The first-order valence-electron chi connectivity index (χ1n) is 6.14. The first-order chi connectivity index (χ1) is 8.95. The zero-order chi connectivity index (χ0) is 12.5. The smallest absolute Gasteiger partial charge is 0.222 e. The van der Waals surface area contributed by atoms with Crippen LogP contribution >= 0.6 is 0 Å². The fourth-order valence-electron chi connectivity index (χ4n) is 1.48. The second-order valence-electron chi connectivity index (χ2n) is 3.84. The van der Waals surface area contributed by atoms with Crippen molar-refractivity contribution < 1.29 is 19.1 Å². The van der Waals surface area contributed by atoms with Crippen LogP contribution in [-0.4, -0.2) is 13.2 Å². The summed E-state index contributed by atoms with van der Waals surface area (Å²) in [6.45, 7) is 1.38. The van der Waals surface area contributed by atoms with E-state index in [0.717, 1.165) is 12.8 Å². The third-order valence-corrected chi connectivity index (χ3v) is 2.40. The lowest BCUT2D eigenvalue weighted by atomic mass is 10.3. The molecule has 0 fully saturated rings. The molecule has 4 heteroatoms. The Morgan fingerprint density at radius 2 is 0.944 bits per heavy atom. The predicted molar refractivity (Wildman–Crippen MR) is 65.4 cm³/mol. The summed E-state index contributed by atoms with van der Waals surface area (Å²) < 4.78 is 3.43. The van der Waals surface area contributed by atoms with Gasteiger partial charge in [-0.2, -0.15) is 0 Å². The molecule has 2 rings (SSSR count). The highest BCUT2D eigenvalue weighted by atomic mass is 16.7. The van der Waals surface area contributed by atoms with Gasteiger partial charge in [0.15, 0.2) is 13.2 Å².